The molecule has 1 nitrogen and oxygen atoms in total. The zero-order valence-electron chi connectivity index (χ0n) is 4.70. The highest BCUT2D eigenvalue weighted by atomic mass is 33.3. The number of rotatable bonds is 0. The summed E-state index contributed by atoms with van der Waals surface area (Å²) in [7, 11) is 1.32. The molecule has 1 fully saturated rings. The summed E-state index contributed by atoms with van der Waals surface area (Å²) in [6.45, 7) is 0.649. The Balaban J connectivity index is 2.37. The van der Waals surface area contributed by atoms with Crippen molar-refractivity contribution >= 4 is 30.7 Å². The van der Waals surface area contributed by atoms with Crippen molar-refractivity contribution in [2.24, 2.45) is 5.92 Å². The highest BCUT2D eigenvalue weighted by molar-refractivity contribution is 8.81. The van der Waals surface area contributed by atoms with Gasteiger partial charge in [-0.2, -0.15) is 0 Å². The summed E-state index contributed by atoms with van der Waals surface area (Å²) in [5.41, 5.74) is 0. The van der Waals surface area contributed by atoms with E-state index in [1.54, 1.807) is 10.8 Å². The van der Waals surface area contributed by atoms with E-state index in [2.05, 4.69) is 5.92 Å². The molecule has 0 aromatic rings. The molecule has 4 heteroatoms. The first-order valence-corrected chi connectivity index (χ1v) is 6.05. The fraction of sp³-hybridized carbons (Fsp3) is 0.600. The van der Waals surface area contributed by atoms with Crippen molar-refractivity contribution in [1.29, 1.82) is 0 Å². The first-order chi connectivity index (χ1) is 4.33. The Kier molecular flexibility index (Phi) is 2.99. The second-order valence-corrected chi connectivity index (χ2v) is 6.01. The quantitative estimate of drug-likeness (QED) is 0.403. The van der Waals surface area contributed by atoms with Crippen molar-refractivity contribution in [3.8, 4) is 12.3 Å². The van der Waals surface area contributed by atoms with Gasteiger partial charge in [-0.1, -0.05) is 16.7 Å². The van der Waals surface area contributed by atoms with E-state index in [1.807, 2.05) is 0 Å². The Labute approximate surface area is 65.7 Å². The number of hydrogen-bond donors (Lipinski definition) is 0. The van der Waals surface area contributed by atoms with E-state index in [9.17, 15) is 0 Å². The van der Waals surface area contributed by atoms with E-state index < -0.39 is 0 Å². The van der Waals surface area contributed by atoms with Crippen LogP contribution < -0.4 is 0 Å². The third-order valence-electron chi connectivity index (χ3n) is 0.967. The van der Waals surface area contributed by atoms with Crippen LogP contribution in [0.2, 0.25) is 0 Å². The van der Waals surface area contributed by atoms with E-state index >= 15 is 0 Å². The average molecular weight is 178 g/mol. The van der Waals surface area contributed by atoms with Crippen molar-refractivity contribution in [1.82, 2.24) is 0 Å². The standard InChI is InChI=1S/C5H6OS3/c1-2-5-3-6-9(7)8-4-5/h1,5H,3-4H2. The van der Waals surface area contributed by atoms with E-state index in [-0.39, 0.29) is 14.7 Å². The van der Waals surface area contributed by atoms with Gasteiger partial charge < -0.3 is 4.18 Å². The number of terminal acetylenes is 1. The molecular formula is C5H6OS3. The molecule has 0 aromatic heterocycles. The van der Waals surface area contributed by atoms with Crippen LogP contribution in [0.15, 0.2) is 0 Å². The molecule has 9 heavy (non-hydrogen) atoms. The molecule has 0 N–H and O–H groups in total. The van der Waals surface area contributed by atoms with E-state index in [4.69, 9.17) is 21.8 Å². The molecule has 1 aliphatic rings. The maximum Gasteiger partial charge on any atom is 0.0772 e. The molecule has 0 radical (unpaired) electrons. The molecule has 1 aliphatic heterocycles. The van der Waals surface area contributed by atoms with Crippen molar-refractivity contribution in [3.63, 3.8) is 0 Å². The van der Waals surface area contributed by atoms with Gasteiger partial charge in [-0.3, -0.25) is 0 Å². The van der Waals surface area contributed by atoms with Gasteiger partial charge in [-0.05, 0) is 11.2 Å². The molecule has 0 bridgehead atoms. The van der Waals surface area contributed by atoms with Gasteiger partial charge in [0.1, 0.15) is 0 Å². The predicted octanol–water partition coefficient (Wildman–Crippen LogP) is 0.909. The lowest BCUT2D eigenvalue weighted by atomic mass is 10.2. The largest absolute Gasteiger partial charge is 0.302 e. The van der Waals surface area contributed by atoms with Gasteiger partial charge in [-0.15, -0.1) is 6.42 Å². The summed E-state index contributed by atoms with van der Waals surface area (Å²) in [5, 5.41) is 0. The smallest absolute Gasteiger partial charge is 0.0772 e. The van der Waals surface area contributed by atoms with Crippen LogP contribution in [-0.2, 0) is 24.1 Å². The summed E-state index contributed by atoms with van der Waals surface area (Å²) in [5.74, 6) is 3.88. The topological polar surface area (TPSA) is 9.23 Å². The Bertz CT molecular complexity index is 150. The van der Waals surface area contributed by atoms with Gasteiger partial charge in [0.2, 0.25) is 0 Å². The minimum absolute atomic E-state index is 0.279. The van der Waals surface area contributed by atoms with Gasteiger partial charge >= 0.3 is 0 Å². The summed E-state index contributed by atoms with van der Waals surface area (Å²) in [6.07, 6.45) is 5.17. The highest BCUT2D eigenvalue weighted by Crippen LogP contribution is 2.20. The lowest BCUT2D eigenvalue weighted by Crippen LogP contribution is -2.16. The maximum atomic E-state index is 5.17. The van der Waals surface area contributed by atoms with E-state index in [0.29, 0.717) is 6.61 Å². The van der Waals surface area contributed by atoms with Gasteiger partial charge in [-0.25, -0.2) is 0 Å². The minimum atomic E-state index is -0.308. The van der Waals surface area contributed by atoms with Crippen LogP contribution in [0.4, 0.5) is 0 Å². The third kappa shape index (κ3) is 2.26. The van der Waals surface area contributed by atoms with Crippen LogP contribution in [0.1, 0.15) is 0 Å². The fourth-order valence-corrected chi connectivity index (χ4v) is 3.13. The van der Waals surface area contributed by atoms with E-state index in [1.165, 1.54) is 0 Å². The SMILES string of the molecule is C#CC1COS(=S)SC1. The molecule has 2 unspecified atom stereocenters. The van der Waals surface area contributed by atoms with Gasteiger partial charge in [0.25, 0.3) is 0 Å². The van der Waals surface area contributed by atoms with Crippen molar-refractivity contribution in [2.45, 2.75) is 0 Å². The number of hydrogen-bond acceptors (Lipinski definition) is 3. The molecule has 0 amide bonds. The molecule has 2 atom stereocenters. The summed E-state index contributed by atoms with van der Waals surface area (Å²) >= 11 is 4.89. The van der Waals surface area contributed by atoms with Crippen LogP contribution >= 0.6 is 10.8 Å². The molecular weight excluding hydrogens is 172 g/mol. The van der Waals surface area contributed by atoms with Crippen molar-refractivity contribution < 1.29 is 4.18 Å². The maximum absolute atomic E-state index is 5.17. The van der Waals surface area contributed by atoms with Crippen molar-refractivity contribution in [3.05, 3.63) is 0 Å². The zero-order chi connectivity index (χ0) is 6.69. The minimum Gasteiger partial charge on any atom is -0.302 e. The first-order valence-electron chi connectivity index (χ1n) is 2.47. The second-order valence-electron chi connectivity index (χ2n) is 1.64. The Hall–Kier alpha value is 0.440. The van der Waals surface area contributed by atoms with E-state index in [0.717, 1.165) is 5.75 Å². The highest BCUT2D eigenvalue weighted by Gasteiger charge is 2.13. The summed E-state index contributed by atoms with van der Waals surface area (Å²) in [4.78, 5) is 0. The Morgan fingerprint density at radius 3 is 3.11 bits per heavy atom. The zero-order valence-corrected chi connectivity index (χ0v) is 7.15. The van der Waals surface area contributed by atoms with Crippen LogP contribution in [0.5, 0.6) is 0 Å². The summed E-state index contributed by atoms with van der Waals surface area (Å²) in [6, 6.07) is 0. The molecule has 1 saturated heterocycles. The fourth-order valence-electron chi connectivity index (χ4n) is 0.454. The molecule has 1 rings (SSSR count). The Morgan fingerprint density at radius 1 is 1.89 bits per heavy atom. The van der Waals surface area contributed by atoms with Crippen LogP contribution in [0.3, 0.4) is 0 Å². The Morgan fingerprint density at radius 2 is 2.67 bits per heavy atom. The van der Waals surface area contributed by atoms with Crippen LogP contribution in [0.25, 0.3) is 0 Å². The van der Waals surface area contributed by atoms with Crippen LogP contribution in [-0.4, -0.2) is 12.4 Å². The third-order valence-corrected chi connectivity index (χ3v) is 4.46. The predicted molar refractivity (Wildman–Crippen MR) is 45.5 cm³/mol. The second kappa shape index (κ2) is 3.57. The molecule has 50 valence electrons. The van der Waals surface area contributed by atoms with Crippen LogP contribution in [0, 0.1) is 18.3 Å². The van der Waals surface area contributed by atoms with Gasteiger partial charge in [0.15, 0.2) is 0 Å². The molecule has 0 aromatic carbocycles. The lowest BCUT2D eigenvalue weighted by molar-refractivity contribution is 0.337. The molecule has 0 spiro atoms. The molecule has 1 heterocycles. The lowest BCUT2D eigenvalue weighted by Gasteiger charge is -2.16. The first kappa shape index (κ1) is 7.55. The normalized spacial score (nSPS) is 35.4. The molecule has 0 aliphatic carbocycles. The monoisotopic (exact) mass is 178 g/mol. The average Bonchev–Trinajstić information content (AvgIpc) is 1.90. The summed E-state index contributed by atoms with van der Waals surface area (Å²) < 4.78 is 5.14. The van der Waals surface area contributed by atoms with Crippen molar-refractivity contribution in [2.75, 3.05) is 12.4 Å². The molecule has 0 saturated carbocycles. The van der Waals surface area contributed by atoms with Gasteiger partial charge in [0, 0.05) is 5.75 Å². The van der Waals surface area contributed by atoms with Gasteiger partial charge in [0.05, 0.1) is 21.3 Å².